The standard InChI is InChI=1S/C10H16N2O/c11-7-10-8-12(5-6-13-10)4-3-9-1-2-9/h9-10H,1-6,8H2. The van der Waals surface area contributed by atoms with Crippen LogP contribution in [0.2, 0.25) is 0 Å². The lowest BCUT2D eigenvalue weighted by Crippen LogP contribution is -2.42. The summed E-state index contributed by atoms with van der Waals surface area (Å²) in [7, 11) is 0. The van der Waals surface area contributed by atoms with Crippen molar-refractivity contribution in [1.29, 1.82) is 5.26 Å². The van der Waals surface area contributed by atoms with Gasteiger partial charge in [0.05, 0.1) is 12.7 Å². The Kier molecular flexibility index (Phi) is 2.82. The number of morpholine rings is 1. The average Bonchev–Trinajstić information content (AvgIpc) is 2.99. The normalized spacial score (nSPS) is 29.9. The number of ether oxygens (including phenoxy) is 1. The van der Waals surface area contributed by atoms with Crippen LogP contribution in [-0.2, 0) is 4.74 Å². The molecule has 0 aromatic heterocycles. The highest BCUT2D eigenvalue weighted by Crippen LogP contribution is 2.32. The Morgan fingerprint density at radius 2 is 2.31 bits per heavy atom. The van der Waals surface area contributed by atoms with E-state index in [1.807, 2.05) is 0 Å². The van der Waals surface area contributed by atoms with Crippen molar-refractivity contribution in [2.75, 3.05) is 26.2 Å². The molecule has 1 saturated carbocycles. The van der Waals surface area contributed by atoms with Crippen molar-refractivity contribution >= 4 is 0 Å². The van der Waals surface area contributed by atoms with Crippen molar-refractivity contribution in [2.45, 2.75) is 25.4 Å². The molecule has 72 valence electrons. The fraction of sp³-hybridized carbons (Fsp3) is 0.900. The monoisotopic (exact) mass is 180 g/mol. The third-order valence-electron chi connectivity index (χ3n) is 2.85. The van der Waals surface area contributed by atoms with Gasteiger partial charge in [0, 0.05) is 13.1 Å². The second kappa shape index (κ2) is 4.08. The summed E-state index contributed by atoms with van der Waals surface area (Å²) in [6.45, 7) is 3.70. The zero-order valence-electron chi connectivity index (χ0n) is 7.91. The van der Waals surface area contributed by atoms with E-state index in [9.17, 15) is 0 Å². The first kappa shape index (κ1) is 8.98. The van der Waals surface area contributed by atoms with Gasteiger partial charge in [-0.15, -0.1) is 0 Å². The largest absolute Gasteiger partial charge is 0.361 e. The van der Waals surface area contributed by atoms with Gasteiger partial charge in [0.25, 0.3) is 0 Å². The summed E-state index contributed by atoms with van der Waals surface area (Å²) in [6.07, 6.45) is 3.98. The van der Waals surface area contributed by atoms with E-state index in [1.54, 1.807) is 0 Å². The Balaban J connectivity index is 1.69. The van der Waals surface area contributed by atoms with Gasteiger partial charge in [-0.05, 0) is 18.9 Å². The van der Waals surface area contributed by atoms with Gasteiger partial charge in [-0.25, -0.2) is 0 Å². The molecular weight excluding hydrogens is 164 g/mol. The van der Waals surface area contributed by atoms with Crippen molar-refractivity contribution in [3.8, 4) is 6.07 Å². The van der Waals surface area contributed by atoms with Crippen molar-refractivity contribution in [3.05, 3.63) is 0 Å². The summed E-state index contributed by atoms with van der Waals surface area (Å²) in [5.74, 6) is 0.989. The fourth-order valence-electron chi connectivity index (χ4n) is 1.76. The van der Waals surface area contributed by atoms with E-state index in [0.29, 0.717) is 0 Å². The van der Waals surface area contributed by atoms with Gasteiger partial charge in [0.1, 0.15) is 0 Å². The molecule has 2 aliphatic rings. The van der Waals surface area contributed by atoms with E-state index < -0.39 is 0 Å². The summed E-state index contributed by atoms with van der Waals surface area (Å²) in [5.41, 5.74) is 0. The van der Waals surface area contributed by atoms with E-state index >= 15 is 0 Å². The Labute approximate surface area is 79.3 Å². The summed E-state index contributed by atoms with van der Waals surface area (Å²) < 4.78 is 5.28. The Bertz CT molecular complexity index is 207. The highest BCUT2D eigenvalue weighted by Gasteiger charge is 2.24. The Hall–Kier alpha value is -0.590. The Morgan fingerprint density at radius 1 is 1.46 bits per heavy atom. The second-order valence-corrected chi connectivity index (χ2v) is 4.02. The molecular formula is C10H16N2O. The molecule has 0 bridgehead atoms. The summed E-state index contributed by atoms with van der Waals surface area (Å²) in [6, 6.07) is 2.17. The van der Waals surface area contributed by atoms with Crippen LogP contribution in [0.1, 0.15) is 19.3 Å². The minimum absolute atomic E-state index is 0.187. The van der Waals surface area contributed by atoms with E-state index in [0.717, 1.165) is 32.2 Å². The van der Waals surface area contributed by atoms with Crippen LogP contribution < -0.4 is 0 Å². The van der Waals surface area contributed by atoms with E-state index in [1.165, 1.54) is 19.3 Å². The molecule has 1 heterocycles. The quantitative estimate of drug-likeness (QED) is 0.650. The van der Waals surface area contributed by atoms with Gasteiger partial charge in [-0.3, -0.25) is 4.90 Å². The number of rotatable bonds is 3. The van der Waals surface area contributed by atoms with Crippen LogP contribution in [0.15, 0.2) is 0 Å². The number of nitriles is 1. The van der Waals surface area contributed by atoms with E-state index in [2.05, 4.69) is 11.0 Å². The molecule has 1 unspecified atom stereocenters. The SMILES string of the molecule is N#CC1CN(CCC2CC2)CCO1. The van der Waals surface area contributed by atoms with Gasteiger partial charge in [-0.1, -0.05) is 12.8 Å². The molecule has 2 fully saturated rings. The first-order valence-electron chi connectivity index (χ1n) is 5.12. The van der Waals surface area contributed by atoms with Crippen LogP contribution in [0.3, 0.4) is 0 Å². The molecule has 0 aromatic rings. The predicted molar refractivity (Wildman–Crippen MR) is 49.1 cm³/mol. The lowest BCUT2D eigenvalue weighted by atomic mass is 10.2. The van der Waals surface area contributed by atoms with Crippen LogP contribution in [0.5, 0.6) is 0 Å². The fourth-order valence-corrected chi connectivity index (χ4v) is 1.76. The van der Waals surface area contributed by atoms with Crippen LogP contribution in [0.4, 0.5) is 0 Å². The minimum Gasteiger partial charge on any atom is -0.361 e. The first-order valence-corrected chi connectivity index (χ1v) is 5.12. The van der Waals surface area contributed by atoms with Crippen LogP contribution in [-0.4, -0.2) is 37.2 Å². The van der Waals surface area contributed by atoms with Gasteiger partial charge < -0.3 is 4.74 Å². The summed E-state index contributed by atoms with van der Waals surface area (Å²) in [4.78, 5) is 2.36. The lowest BCUT2D eigenvalue weighted by Gasteiger charge is -2.29. The number of nitrogens with zero attached hydrogens (tertiary/aromatic N) is 2. The van der Waals surface area contributed by atoms with Gasteiger partial charge in [-0.2, -0.15) is 5.26 Å². The highest BCUT2D eigenvalue weighted by molar-refractivity contribution is 4.89. The zero-order chi connectivity index (χ0) is 9.10. The van der Waals surface area contributed by atoms with Crippen molar-refractivity contribution in [3.63, 3.8) is 0 Å². The number of hydrogen-bond acceptors (Lipinski definition) is 3. The van der Waals surface area contributed by atoms with Gasteiger partial charge >= 0.3 is 0 Å². The lowest BCUT2D eigenvalue weighted by molar-refractivity contribution is -0.000246. The maximum absolute atomic E-state index is 8.70. The van der Waals surface area contributed by atoms with Crippen molar-refractivity contribution in [2.24, 2.45) is 5.92 Å². The van der Waals surface area contributed by atoms with Crippen LogP contribution >= 0.6 is 0 Å². The maximum Gasteiger partial charge on any atom is 0.156 e. The van der Waals surface area contributed by atoms with Crippen LogP contribution in [0.25, 0.3) is 0 Å². The van der Waals surface area contributed by atoms with Crippen molar-refractivity contribution in [1.82, 2.24) is 4.90 Å². The third kappa shape index (κ3) is 2.68. The molecule has 1 aliphatic heterocycles. The molecule has 1 atom stereocenters. The number of hydrogen-bond donors (Lipinski definition) is 0. The Morgan fingerprint density at radius 3 is 3.00 bits per heavy atom. The molecule has 0 radical (unpaired) electrons. The van der Waals surface area contributed by atoms with Crippen LogP contribution in [0, 0.1) is 17.2 Å². The van der Waals surface area contributed by atoms with Gasteiger partial charge in [0.15, 0.2) is 6.10 Å². The average molecular weight is 180 g/mol. The summed E-state index contributed by atoms with van der Waals surface area (Å²) in [5, 5.41) is 8.70. The molecule has 0 aromatic carbocycles. The van der Waals surface area contributed by atoms with E-state index in [4.69, 9.17) is 10.00 Å². The van der Waals surface area contributed by atoms with Crippen molar-refractivity contribution < 1.29 is 4.74 Å². The molecule has 3 heteroatoms. The molecule has 0 spiro atoms. The minimum atomic E-state index is -0.187. The zero-order valence-corrected chi connectivity index (χ0v) is 7.91. The molecule has 1 saturated heterocycles. The first-order chi connectivity index (χ1) is 6.38. The molecule has 3 nitrogen and oxygen atoms in total. The second-order valence-electron chi connectivity index (χ2n) is 4.02. The summed E-state index contributed by atoms with van der Waals surface area (Å²) >= 11 is 0. The topological polar surface area (TPSA) is 36.3 Å². The molecule has 0 N–H and O–H groups in total. The molecule has 13 heavy (non-hydrogen) atoms. The molecule has 2 rings (SSSR count). The molecule has 1 aliphatic carbocycles. The third-order valence-corrected chi connectivity index (χ3v) is 2.85. The molecule has 0 amide bonds. The maximum atomic E-state index is 8.70. The van der Waals surface area contributed by atoms with Gasteiger partial charge in [0.2, 0.25) is 0 Å². The predicted octanol–water partition coefficient (Wildman–Crippen LogP) is 1.01. The smallest absolute Gasteiger partial charge is 0.156 e. The highest BCUT2D eigenvalue weighted by atomic mass is 16.5. The van der Waals surface area contributed by atoms with E-state index in [-0.39, 0.29) is 6.10 Å².